The zero-order chi connectivity index (χ0) is 19.6. The summed E-state index contributed by atoms with van der Waals surface area (Å²) in [7, 11) is 1.65. The van der Waals surface area contributed by atoms with E-state index in [2.05, 4.69) is 36.3 Å². The second-order valence-corrected chi connectivity index (χ2v) is 7.99. The van der Waals surface area contributed by atoms with Gasteiger partial charge in [0, 0.05) is 43.8 Å². The van der Waals surface area contributed by atoms with Gasteiger partial charge in [0.2, 0.25) is 0 Å². The van der Waals surface area contributed by atoms with Crippen molar-refractivity contribution in [2.24, 2.45) is 10.9 Å². The van der Waals surface area contributed by atoms with Crippen LogP contribution in [0.2, 0.25) is 5.02 Å². The van der Waals surface area contributed by atoms with E-state index >= 15 is 0 Å². The first-order valence-corrected chi connectivity index (χ1v) is 10.5. The van der Waals surface area contributed by atoms with Gasteiger partial charge in [-0.25, -0.2) is 0 Å². The average Bonchev–Trinajstić information content (AvgIpc) is 2.64. The van der Waals surface area contributed by atoms with Crippen molar-refractivity contribution in [3.8, 4) is 5.75 Å². The van der Waals surface area contributed by atoms with Crippen LogP contribution in [0.3, 0.4) is 0 Å². The smallest absolute Gasteiger partial charge is 0.191 e. The summed E-state index contributed by atoms with van der Waals surface area (Å²) < 4.78 is 5.20. The molecule has 160 valence electrons. The van der Waals surface area contributed by atoms with Crippen molar-refractivity contribution in [3.63, 3.8) is 0 Å². The normalized spacial score (nSPS) is 16.0. The maximum Gasteiger partial charge on any atom is 0.191 e. The van der Waals surface area contributed by atoms with E-state index in [1.54, 1.807) is 7.11 Å². The first-order valence-electron chi connectivity index (χ1n) is 10.1. The number of hydrogen-bond acceptors (Lipinski definition) is 3. The fourth-order valence-electron chi connectivity index (χ4n) is 3.44. The van der Waals surface area contributed by atoms with Crippen molar-refractivity contribution in [2.75, 3.05) is 39.8 Å². The molecule has 1 saturated heterocycles. The topological polar surface area (TPSA) is 48.9 Å². The minimum absolute atomic E-state index is 0. The molecule has 7 heteroatoms. The number of piperidine rings is 1. The zero-order valence-electron chi connectivity index (χ0n) is 17.6. The van der Waals surface area contributed by atoms with Gasteiger partial charge in [0.05, 0.1) is 7.11 Å². The molecule has 0 aliphatic carbocycles. The summed E-state index contributed by atoms with van der Waals surface area (Å²) in [6, 6.07) is 6.31. The molecule has 1 heterocycles. The van der Waals surface area contributed by atoms with Gasteiger partial charge in [0.15, 0.2) is 5.96 Å². The summed E-state index contributed by atoms with van der Waals surface area (Å²) >= 11 is 6.33. The maximum absolute atomic E-state index is 6.33. The Kier molecular flexibility index (Phi) is 12.2. The van der Waals surface area contributed by atoms with E-state index in [1.807, 2.05) is 18.2 Å². The Bertz CT molecular complexity index is 604. The summed E-state index contributed by atoms with van der Waals surface area (Å²) in [5, 5.41) is 7.71. The van der Waals surface area contributed by atoms with Crippen LogP contribution in [0.4, 0.5) is 0 Å². The highest BCUT2D eigenvalue weighted by molar-refractivity contribution is 14.0. The summed E-state index contributed by atoms with van der Waals surface area (Å²) in [5.41, 5.74) is 1.10. The van der Waals surface area contributed by atoms with Crippen LogP contribution in [0, 0.1) is 5.92 Å². The van der Waals surface area contributed by atoms with Crippen LogP contribution in [-0.2, 0) is 6.42 Å². The van der Waals surface area contributed by atoms with Crippen LogP contribution in [-0.4, -0.2) is 56.7 Å². The highest BCUT2D eigenvalue weighted by Gasteiger charge is 2.20. The molecule has 1 aliphatic rings. The molecule has 0 aromatic heterocycles. The third-order valence-corrected chi connectivity index (χ3v) is 5.16. The molecule has 0 atom stereocenters. The summed E-state index contributed by atoms with van der Waals surface area (Å²) in [6.45, 7) is 11.8. The highest BCUT2D eigenvalue weighted by atomic mass is 127. The molecule has 5 nitrogen and oxygen atoms in total. The van der Waals surface area contributed by atoms with Gasteiger partial charge >= 0.3 is 0 Å². The second-order valence-electron chi connectivity index (χ2n) is 7.58. The Hall–Kier alpha value is -0.730. The van der Waals surface area contributed by atoms with E-state index in [9.17, 15) is 0 Å². The lowest BCUT2D eigenvalue weighted by Crippen LogP contribution is -2.49. The Morgan fingerprint density at radius 2 is 2.04 bits per heavy atom. The largest absolute Gasteiger partial charge is 0.497 e. The molecule has 0 spiro atoms. The Morgan fingerprint density at radius 3 is 2.61 bits per heavy atom. The van der Waals surface area contributed by atoms with Gasteiger partial charge in [-0.1, -0.05) is 31.5 Å². The van der Waals surface area contributed by atoms with Crippen molar-refractivity contribution in [1.29, 1.82) is 0 Å². The van der Waals surface area contributed by atoms with Gasteiger partial charge in [-0.05, 0) is 49.8 Å². The molecule has 1 aromatic carbocycles. The first kappa shape index (κ1) is 25.3. The average molecular weight is 523 g/mol. The molecule has 28 heavy (non-hydrogen) atoms. The molecule has 1 fully saturated rings. The Labute approximate surface area is 192 Å². The van der Waals surface area contributed by atoms with Crippen molar-refractivity contribution in [1.82, 2.24) is 15.5 Å². The number of rotatable bonds is 8. The predicted molar refractivity (Wildman–Crippen MR) is 131 cm³/mol. The van der Waals surface area contributed by atoms with Crippen LogP contribution in [0.15, 0.2) is 23.2 Å². The van der Waals surface area contributed by atoms with Crippen molar-refractivity contribution >= 4 is 41.5 Å². The molecular weight excluding hydrogens is 487 g/mol. The number of nitrogens with one attached hydrogen (secondary N) is 2. The number of guanidine groups is 1. The summed E-state index contributed by atoms with van der Waals surface area (Å²) in [5.74, 6) is 2.42. The molecular formula is C21H36ClIN4O. The lowest BCUT2D eigenvalue weighted by Gasteiger charge is -2.34. The number of ether oxygens (including phenoxy) is 1. The zero-order valence-corrected chi connectivity index (χ0v) is 20.7. The highest BCUT2D eigenvalue weighted by Crippen LogP contribution is 2.22. The number of methoxy groups -OCH3 is 1. The van der Waals surface area contributed by atoms with Crippen molar-refractivity contribution < 1.29 is 4.74 Å². The molecule has 0 amide bonds. The van der Waals surface area contributed by atoms with Crippen LogP contribution in [0.5, 0.6) is 5.75 Å². The lowest BCUT2D eigenvalue weighted by atomic mass is 10.0. The maximum atomic E-state index is 6.33. The predicted octanol–water partition coefficient (Wildman–Crippen LogP) is 4.18. The Morgan fingerprint density at radius 1 is 1.32 bits per heavy atom. The van der Waals surface area contributed by atoms with Gasteiger partial charge in [-0.15, -0.1) is 24.0 Å². The van der Waals surface area contributed by atoms with Gasteiger partial charge in [-0.2, -0.15) is 0 Å². The molecule has 0 unspecified atom stereocenters. The third-order valence-electron chi connectivity index (χ3n) is 4.81. The van der Waals surface area contributed by atoms with E-state index in [4.69, 9.17) is 21.3 Å². The molecule has 0 bridgehead atoms. The molecule has 0 radical (unpaired) electrons. The fraction of sp³-hybridized carbons (Fsp3) is 0.667. The summed E-state index contributed by atoms with van der Waals surface area (Å²) in [4.78, 5) is 7.31. The van der Waals surface area contributed by atoms with Crippen LogP contribution >= 0.6 is 35.6 Å². The second kappa shape index (κ2) is 13.5. The molecule has 1 aliphatic heterocycles. The van der Waals surface area contributed by atoms with Gasteiger partial charge in [-0.3, -0.25) is 4.99 Å². The first-order chi connectivity index (χ1) is 13.0. The van der Waals surface area contributed by atoms with E-state index in [0.29, 0.717) is 12.6 Å². The van der Waals surface area contributed by atoms with Gasteiger partial charge in [0.25, 0.3) is 0 Å². The van der Waals surface area contributed by atoms with E-state index < -0.39 is 0 Å². The van der Waals surface area contributed by atoms with E-state index in [1.165, 1.54) is 19.4 Å². The lowest BCUT2D eigenvalue weighted by molar-refractivity contribution is 0.187. The van der Waals surface area contributed by atoms with E-state index in [0.717, 1.165) is 54.3 Å². The van der Waals surface area contributed by atoms with Crippen molar-refractivity contribution in [2.45, 2.75) is 46.1 Å². The van der Waals surface area contributed by atoms with Gasteiger partial charge < -0.3 is 20.3 Å². The SMILES string of the molecule is CCNC(=NCCc1ccc(OC)cc1Cl)NC1CCN(CC(C)C)CC1.I. The number of aliphatic imine (C=N–C) groups is 1. The van der Waals surface area contributed by atoms with E-state index in [-0.39, 0.29) is 24.0 Å². The van der Waals surface area contributed by atoms with Crippen LogP contribution < -0.4 is 15.4 Å². The van der Waals surface area contributed by atoms with Gasteiger partial charge in [0.1, 0.15) is 5.75 Å². The Balaban J connectivity index is 0.00000392. The molecule has 0 saturated carbocycles. The molecule has 1 aromatic rings. The minimum Gasteiger partial charge on any atom is -0.497 e. The molecule has 2 rings (SSSR count). The number of likely N-dealkylation sites (tertiary alicyclic amines) is 1. The monoisotopic (exact) mass is 522 g/mol. The molecule has 2 N–H and O–H groups in total. The number of hydrogen-bond donors (Lipinski definition) is 2. The standard InChI is InChI=1S/C21H35ClN4O.HI/c1-5-23-21(25-18-9-12-26(13-10-18)15-16(2)3)24-11-8-17-6-7-19(27-4)14-20(17)22;/h6-7,14,16,18H,5,8-13,15H2,1-4H3,(H2,23,24,25);1H. The summed E-state index contributed by atoms with van der Waals surface area (Å²) in [6.07, 6.45) is 3.15. The fourth-order valence-corrected chi connectivity index (χ4v) is 3.70. The number of nitrogens with zero attached hydrogens (tertiary/aromatic N) is 2. The van der Waals surface area contributed by atoms with Crippen LogP contribution in [0.25, 0.3) is 0 Å². The quantitative estimate of drug-likeness (QED) is 0.305. The van der Waals surface area contributed by atoms with Crippen LogP contribution in [0.1, 0.15) is 39.2 Å². The number of halogens is 2. The van der Waals surface area contributed by atoms with Crippen molar-refractivity contribution in [3.05, 3.63) is 28.8 Å². The minimum atomic E-state index is 0. The number of benzene rings is 1. The third kappa shape index (κ3) is 8.74.